The molecule has 4 aromatic rings. The predicted octanol–water partition coefficient (Wildman–Crippen LogP) is 3.46. The van der Waals surface area contributed by atoms with Gasteiger partial charge in [-0.3, -0.25) is 0 Å². The Hall–Kier alpha value is -2.83. The molecule has 1 aromatic carbocycles. The molecule has 0 spiro atoms. The molecule has 7 heteroatoms. The second kappa shape index (κ2) is 6.58. The molecule has 1 N–H and O–H groups in total. The number of aryl methyl sites for hydroxylation is 1. The van der Waals surface area contributed by atoms with E-state index in [9.17, 15) is 4.39 Å². The Morgan fingerprint density at radius 3 is 2.88 bits per heavy atom. The summed E-state index contributed by atoms with van der Waals surface area (Å²) in [5.41, 5.74) is 2.64. The van der Waals surface area contributed by atoms with E-state index in [0.717, 1.165) is 18.7 Å². The number of hydrogen-bond acceptors (Lipinski definition) is 4. The average molecular weight is 338 g/mol. The number of hydrogen-bond donors (Lipinski definition) is 1. The van der Waals surface area contributed by atoms with Gasteiger partial charge in [0.2, 0.25) is 0 Å². The fourth-order valence-corrected chi connectivity index (χ4v) is 2.93. The normalized spacial score (nSPS) is 11.6. The smallest absolute Gasteiger partial charge is 0.186 e. The summed E-state index contributed by atoms with van der Waals surface area (Å²) in [6.07, 6.45) is 6.29. The van der Waals surface area contributed by atoms with E-state index in [-0.39, 0.29) is 5.82 Å². The molecule has 6 nitrogen and oxygen atoms in total. The van der Waals surface area contributed by atoms with E-state index in [1.807, 2.05) is 6.07 Å². The second-order valence-corrected chi connectivity index (χ2v) is 6.15. The molecule has 0 saturated carbocycles. The number of aromatic nitrogens is 6. The Morgan fingerprint density at radius 1 is 1.16 bits per heavy atom. The maximum atomic E-state index is 13.8. The maximum Gasteiger partial charge on any atom is 0.186 e. The summed E-state index contributed by atoms with van der Waals surface area (Å²) >= 11 is 0. The van der Waals surface area contributed by atoms with Gasteiger partial charge in [-0.2, -0.15) is 4.52 Å². The van der Waals surface area contributed by atoms with Crippen LogP contribution in [-0.2, 0) is 12.8 Å². The average Bonchev–Trinajstić information content (AvgIpc) is 3.20. The Bertz CT molecular complexity index is 1020. The third-order valence-electron chi connectivity index (χ3n) is 4.24. The van der Waals surface area contributed by atoms with Crippen LogP contribution in [0.5, 0.6) is 0 Å². The first-order valence-electron chi connectivity index (χ1n) is 8.57. The molecule has 3 aromatic heterocycles. The topological polar surface area (TPSA) is 71.8 Å². The summed E-state index contributed by atoms with van der Waals surface area (Å²) in [5.74, 6) is 1.22. The number of benzene rings is 1. The number of unbranched alkanes of at least 4 members (excludes halogenated alkanes) is 2. The van der Waals surface area contributed by atoms with Crippen molar-refractivity contribution in [2.45, 2.75) is 39.0 Å². The Labute approximate surface area is 144 Å². The van der Waals surface area contributed by atoms with E-state index in [2.05, 4.69) is 32.0 Å². The minimum Gasteiger partial charge on any atom is -0.326 e. The summed E-state index contributed by atoms with van der Waals surface area (Å²) in [6, 6.07) is 6.67. The Kier molecular flexibility index (Phi) is 4.13. The minimum absolute atomic E-state index is 0.248. The molecule has 0 unspecified atom stereocenters. The highest BCUT2D eigenvalue weighted by atomic mass is 19.1. The minimum atomic E-state index is -0.248. The number of aromatic amines is 1. The van der Waals surface area contributed by atoms with Gasteiger partial charge >= 0.3 is 0 Å². The van der Waals surface area contributed by atoms with Crippen molar-refractivity contribution in [2.24, 2.45) is 0 Å². The molecule has 0 aliphatic carbocycles. The van der Waals surface area contributed by atoms with E-state index in [0.29, 0.717) is 34.6 Å². The molecule has 0 saturated heterocycles. The molecule has 0 bridgehead atoms. The highest BCUT2D eigenvalue weighted by Gasteiger charge is 2.13. The third-order valence-corrected chi connectivity index (χ3v) is 4.24. The maximum absolute atomic E-state index is 13.8. The van der Waals surface area contributed by atoms with Gasteiger partial charge in [0.05, 0.1) is 0 Å². The van der Waals surface area contributed by atoms with Crippen molar-refractivity contribution >= 4 is 16.8 Å². The van der Waals surface area contributed by atoms with Crippen LogP contribution in [-0.4, -0.2) is 29.5 Å². The van der Waals surface area contributed by atoms with E-state index in [4.69, 9.17) is 0 Å². The zero-order valence-electron chi connectivity index (χ0n) is 14.0. The van der Waals surface area contributed by atoms with Crippen molar-refractivity contribution in [3.63, 3.8) is 0 Å². The van der Waals surface area contributed by atoms with E-state index in [1.54, 1.807) is 23.0 Å². The summed E-state index contributed by atoms with van der Waals surface area (Å²) in [6.45, 7) is 2.18. The fraction of sp³-hybridized carbons (Fsp3) is 0.333. The molecule has 128 valence electrons. The zero-order chi connectivity index (χ0) is 17.2. The molecule has 0 amide bonds. The fourth-order valence-electron chi connectivity index (χ4n) is 2.93. The van der Waals surface area contributed by atoms with Gasteiger partial charge in [0, 0.05) is 12.8 Å². The van der Waals surface area contributed by atoms with Crippen molar-refractivity contribution < 1.29 is 4.39 Å². The number of nitrogens with one attached hydrogen (secondary N) is 1. The van der Waals surface area contributed by atoms with Crippen LogP contribution < -0.4 is 0 Å². The van der Waals surface area contributed by atoms with Gasteiger partial charge in [0.15, 0.2) is 22.6 Å². The lowest BCUT2D eigenvalue weighted by molar-refractivity contribution is 0.612. The summed E-state index contributed by atoms with van der Waals surface area (Å²) in [7, 11) is 0. The lowest BCUT2D eigenvalue weighted by Gasteiger charge is -1.97. The third kappa shape index (κ3) is 3.09. The van der Waals surface area contributed by atoms with Gasteiger partial charge in [0.1, 0.15) is 18.0 Å². The number of fused-ring (bicyclic) bond motifs is 3. The first-order valence-corrected chi connectivity index (χ1v) is 8.57. The van der Waals surface area contributed by atoms with Crippen LogP contribution in [0.15, 0.2) is 30.6 Å². The molecular weight excluding hydrogens is 319 g/mol. The number of nitrogens with zero attached hydrogens (tertiary/aromatic N) is 5. The van der Waals surface area contributed by atoms with Crippen LogP contribution in [0.4, 0.5) is 4.39 Å². The SMILES string of the molecule is CCCCCc1nc2c(ncn3nc(Cc4ccccc4F)nc23)[nH]1. The second-order valence-electron chi connectivity index (χ2n) is 6.15. The van der Waals surface area contributed by atoms with Crippen LogP contribution in [0, 0.1) is 5.82 Å². The number of halogens is 1. The molecule has 0 atom stereocenters. The van der Waals surface area contributed by atoms with Crippen LogP contribution in [0.3, 0.4) is 0 Å². The molecule has 4 rings (SSSR count). The molecule has 0 fully saturated rings. The monoisotopic (exact) mass is 338 g/mol. The van der Waals surface area contributed by atoms with Crippen LogP contribution in [0.25, 0.3) is 16.8 Å². The van der Waals surface area contributed by atoms with Gasteiger partial charge in [0.25, 0.3) is 0 Å². The van der Waals surface area contributed by atoms with Crippen LogP contribution in [0.1, 0.15) is 43.4 Å². The number of H-pyrrole nitrogens is 1. The largest absolute Gasteiger partial charge is 0.326 e. The van der Waals surface area contributed by atoms with E-state index >= 15 is 0 Å². The molecule has 0 radical (unpaired) electrons. The van der Waals surface area contributed by atoms with Crippen molar-refractivity contribution in [1.82, 2.24) is 29.5 Å². The molecule has 0 aliphatic rings. The molecular formula is C18H19FN6. The lowest BCUT2D eigenvalue weighted by Crippen LogP contribution is -1.95. The van der Waals surface area contributed by atoms with Crippen molar-refractivity contribution in [3.8, 4) is 0 Å². The van der Waals surface area contributed by atoms with Gasteiger partial charge < -0.3 is 4.98 Å². The predicted molar refractivity (Wildman–Crippen MR) is 92.9 cm³/mol. The highest BCUT2D eigenvalue weighted by molar-refractivity contribution is 5.84. The first-order chi connectivity index (χ1) is 12.2. The molecule has 25 heavy (non-hydrogen) atoms. The van der Waals surface area contributed by atoms with E-state index in [1.165, 1.54) is 18.9 Å². The summed E-state index contributed by atoms with van der Waals surface area (Å²) in [4.78, 5) is 16.8. The number of imidazole rings is 1. The van der Waals surface area contributed by atoms with Crippen LogP contribution >= 0.6 is 0 Å². The van der Waals surface area contributed by atoms with Gasteiger partial charge in [-0.1, -0.05) is 38.0 Å². The summed E-state index contributed by atoms with van der Waals surface area (Å²) in [5, 5.41) is 4.41. The van der Waals surface area contributed by atoms with Gasteiger partial charge in [-0.15, -0.1) is 5.10 Å². The Balaban J connectivity index is 1.67. The van der Waals surface area contributed by atoms with Crippen molar-refractivity contribution in [3.05, 3.63) is 53.6 Å². The van der Waals surface area contributed by atoms with E-state index < -0.39 is 0 Å². The number of rotatable bonds is 6. The first kappa shape index (κ1) is 15.7. The van der Waals surface area contributed by atoms with Crippen LogP contribution in [0.2, 0.25) is 0 Å². The summed E-state index contributed by atoms with van der Waals surface area (Å²) < 4.78 is 15.4. The lowest BCUT2D eigenvalue weighted by atomic mass is 10.1. The molecule has 0 aliphatic heterocycles. The Morgan fingerprint density at radius 2 is 2.04 bits per heavy atom. The quantitative estimate of drug-likeness (QED) is 0.547. The standard InChI is InChI=1S/C18H19FN6/c1-2-3-4-9-14-21-16-17(22-14)20-11-25-18(16)23-15(24-25)10-12-7-5-6-8-13(12)19/h5-8,11H,2-4,9-10H2,1H3,(H,21,22). The zero-order valence-corrected chi connectivity index (χ0v) is 14.0. The van der Waals surface area contributed by atoms with Crippen molar-refractivity contribution in [1.29, 1.82) is 0 Å². The highest BCUT2D eigenvalue weighted by Crippen LogP contribution is 2.17. The molecule has 3 heterocycles. The van der Waals surface area contributed by atoms with Gasteiger partial charge in [-0.05, 0) is 18.1 Å². The van der Waals surface area contributed by atoms with Gasteiger partial charge in [-0.25, -0.2) is 19.3 Å². The van der Waals surface area contributed by atoms with Crippen molar-refractivity contribution in [2.75, 3.05) is 0 Å².